The smallest absolute Gasteiger partial charge is 0.150 e. The quantitative estimate of drug-likeness (QED) is 0.484. The van der Waals surface area contributed by atoms with Crippen LogP contribution in [0.15, 0.2) is 42.6 Å². The number of pyridine rings is 1. The van der Waals surface area contributed by atoms with Crippen molar-refractivity contribution in [3.05, 3.63) is 53.7 Å². The second-order valence-electron chi connectivity index (χ2n) is 5.76. The zero-order chi connectivity index (χ0) is 16.0. The fourth-order valence-corrected chi connectivity index (χ4v) is 2.75. The molecule has 1 N–H and O–H groups in total. The second-order valence-corrected chi connectivity index (χ2v) is 9.36. The molecule has 0 atom stereocenters. The van der Waals surface area contributed by atoms with Crippen molar-refractivity contribution in [3.8, 4) is 11.3 Å². The van der Waals surface area contributed by atoms with E-state index in [2.05, 4.69) is 10.3 Å². The summed E-state index contributed by atoms with van der Waals surface area (Å²) in [5.74, 6) is 0. The lowest BCUT2D eigenvalue weighted by molar-refractivity contribution is 0.112. The van der Waals surface area contributed by atoms with Crippen molar-refractivity contribution in [2.45, 2.75) is 6.54 Å². The number of carbonyl (C=O) groups excluding carboxylic acids is 1. The Labute approximate surface area is 131 Å². The highest BCUT2D eigenvalue weighted by molar-refractivity contribution is 7.62. The summed E-state index contributed by atoms with van der Waals surface area (Å²) in [6, 6.07) is 11.4. The summed E-state index contributed by atoms with van der Waals surface area (Å²) in [5, 5.41) is 3.31. The van der Waals surface area contributed by atoms with Crippen LogP contribution in [0.5, 0.6) is 0 Å². The molecule has 0 bridgehead atoms. The van der Waals surface area contributed by atoms with Gasteiger partial charge in [0.05, 0.1) is 12.8 Å². The number of benzene rings is 1. The SMILES string of the molecule is CP(C)(=O)CCNCc1ccnc(-c2ccc(C=O)cc2)c1. The Kier molecular flexibility index (Phi) is 5.64. The minimum absolute atomic E-state index is 0.658. The van der Waals surface area contributed by atoms with Gasteiger partial charge in [0.2, 0.25) is 0 Å². The topological polar surface area (TPSA) is 59.1 Å². The average Bonchev–Trinajstić information content (AvgIpc) is 2.51. The number of rotatable bonds is 7. The van der Waals surface area contributed by atoms with Gasteiger partial charge in [-0.05, 0) is 31.0 Å². The van der Waals surface area contributed by atoms with E-state index in [0.717, 1.165) is 36.2 Å². The number of carbonyl (C=O) groups is 1. The van der Waals surface area contributed by atoms with Crippen molar-refractivity contribution in [1.82, 2.24) is 10.3 Å². The van der Waals surface area contributed by atoms with Crippen LogP contribution in [-0.2, 0) is 11.1 Å². The molecule has 5 heteroatoms. The van der Waals surface area contributed by atoms with Crippen LogP contribution in [0.1, 0.15) is 15.9 Å². The molecule has 22 heavy (non-hydrogen) atoms. The maximum Gasteiger partial charge on any atom is 0.150 e. The van der Waals surface area contributed by atoms with Gasteiger partial charge in [0, 0.05) is 36.6 Å². The number of aromatic nitrogens is 1. The van der Waals surface area contributed by atoms with Gasteiger partial charge in [-0.25, -0.2) is 0 Å². The summed E-state index contributed by atoms with van der Waals surface area (Å²) in [6.45, 7) is 5.09. The molecule has 0 unspecified atom stereocenters. The fraction of sp³-hybridized carbons (Fsp3) is 0.294. The third-order valence-electron chi connectivity index (χ3n) is 3.32. The van der Waals surface area contributed by atoms with Crippen LogP contribution in [0.25, 0.3) is 11.3 Å². The monoisotopic (exact) mass is 316 g/mol. The lowest BCUT2D eigenvalue weighted by Crippen LogP contribution is -2.17. The summed E-state index contributed by atoms with van der Waals surface area (Å²) in [4.78, 5) is 15.1. The molecule has 4 nitrogen and oxygen atoms in total. The molecule has 116 valence electrons. The van der Waals surface area contributed by atoms with Gasteiger partial charge in [-0.15, -0.1) is 0 Å². The summed E-state index contributed by atoms with van der Waals surface area (Å²) >= 11 is 0. The van der Waals surface area contributed by atoms with Crippen molar-refractivity contribution in [1.29, 1.82) is 0 Å². The first-order valence-electron chi connectivity index (χ1n) is 7.23. The Bertz CT molecular complexity index is 677. The highest BCUT2D eigenvalue weighted by Gasteiger charge is 2.06. The third-order valence-corrected chi connectivity index (χ3v) is 4.62. The predicted molar refractivity (Wildman–Crippen MR) is 91.1 cm³/mol. The molecule has 0 amide bonds. The van der Waals surface area contributed by atoms with Gasteiger partial charge in [0.25, 0.3) is 0 Å². The Morgan fingerprint density at radius 1 is 1.18 bits per heavy atom. The zero-order valence-electron chi connectivity index (χ0n) is 13.0. The molecule has 0 radical (unpaired) electrons. The van der Waals surface area contributed by atoms with Gasteiger partial charge in [-0.1, -0.05) is 24.3 Å². The van der Waals surface area contributed by atoms with E-state index in [9.17, 15) is 9.36 Å². The Morgan fingerprint density at radius 3 is 2.55 bits per heavy atom. The molecule has 0 aliphatic carbocycles. The van der Waals surface area contributed by atoms with Crippen LogP contribution in [0.4, 0.5) is 0 Å². The lowest BCUT2D eigenvalue weighted by Gasteiger charge is -2.09. The summed E-state index contributed by atoms with van der Waals surface area (Å²) in [5.41, 5.74) is 3.66. The van der Waals surface area contributed by atoms with Crippen molar-refractivity contribution < 1.29 is 9.36 Å². The molecule has 1 aromatic heterocycles. The minimum Gasteiger partial charge on any atom is -0.324 e. The molecule has 2 aromatic rings. The minimum atomic E-state index is -1.96. The van der Waals surface area contributed by atoms with E-state index in [1.165, 1.54) is 0 Å². The molecule has 0 aliphatic heterocycles. The summed E-state index contributed by atoms with van der Waals surface area (Å²) < 4.78 is 11.6. The van der Waals surface area contributed by atoms with Gasteiger partial charge < -0.3 is 9.88 Å². The largest absolute Gasteiger partial charge is 0.324 e. The van der Waals surface area contributed by atoms with E-state index >= 15 is 0 Å². The van der Waals surface area contributed by atoms with Gasteiger partial charge in [0.15, 0.2) is 0 Å². The zero-order valence-corrected chi connectivity index (χ0v) is 13.8. The van der Waals surface area contributed by atoms with Crippen LogP contribution in [0.3, 0.4) is 0 Å². The van der Waals surface area contributed by atoms with E-state index in [0.29, 0.717) is 11.7 Å². The highest BCUT2D eigenvalue weighted by atomic mass is 31.2. The van der Waals surface area contributed by atoms with Crippen LogP contribution < -0.4 is 5.32 Å². The van der Waals surface area contributed by atoms with E-state index in [-0.39, 0.29) is 0 Å². The highest BCUT2D eigenvalue weighted by Crippen LogP contribution is 2.34. The van der Waals surface area contributed by atoms with Crippen molar-refractivity contribution in [3.63, 3.8) is 0 Å². The van der Waals surface area contributed by atoms with Gasteiger partial charge in [0.1, 0.15) is 6.29 Å². The number of nitrogens with zero attached hydrogens (tertiary/aromatic N) is 1. The first-order valence-corrected chi connectivity index (χ1v) is 10.0. The molecule has 0 saturated carbocycles. The van der Waals surface area contributed by atoms with Crippen molar-refractivity contribution in [2.24, 2.45) is 0 Å². The first-order chi connectivity index (χ1) is 10.5. The molecule has 2 rings (SSSR count). The number of aldehydes is 1. The summed E-state index contributed by atoms with van der Waals surface area (Å²) in [7, 11) is -1.96. The Hall–Kier alpha value is -1.77. The molecule has 0 saturated heterocycles. The van der Waals surface area contributed by atoms with Crippen LogP contribution in [-0.4, -0.2) is 37.3 Å². The third kappa shape index (κ3) is 5.21. The van der Waals surface area contributed by atoms with E-state index < -0.39 is 7.14 Å². The second kappa shape index (κ2) is 7.48. The van der Waals surface area contributed by atoms with Crippen LogP contribution in [0.2, 0.25) is 0 Å². The molecule has 0 fully saturated rings. The fourth-order valence-electron chi connectivity index (χ4n) is 2.06. The first kappa shape index (κ1) is 16.6. The van der Waals surface area contributed by atoms with Gasteiger partial charge in [-0.3, -0.25) is 9.78 Å². The maximum atomic E-state index is 11.6. The molecular weight excluding hydrogens is 295 g/mol. The van der Waals surface area contributed by atoms with Crippen LogP contribution in [0, 0.1) is 0 Å². The average molecular weight is 316 g/mol. The van der Waals surface area contributed by atoms with E-state index in [1.807, 2.05) is 37.6 Å². The number of hydrogen-bond donors (Lipinski definition) is 1. The molecular formula is C17H21N2O2P. The molecule has 1 aromatic carbocycles. The van der Waals surface area contributed by atoms with Crippen molar-refractivity contribution in [2.75, 3.05) is 26.0 Å². The molecule has 0 aliphatic rings. The Morgan fingerprint density at radius 2 is 1.91 bits per heavy atom. The van der Waals surface area contributed by atoms with E-state index in [4.69, 9.17) is 0 Å². The van der Waals surface area contributed by atoms with Gasteiger partial charge in [-0.2, -0.15) is 0 Å². The molecule has 1 heterocycles. The number of hydrogen-bond acceptors (Lipinski definition) is 4. The Balaban J connectivity index is 2.00. The number of nitrogens with one attached hydrogen (secondary N) is 1. The van der Waals surface area contributed by atoms with Crippen molar-refractivity contribution >= 4 is 13.4 Å². The van der Waals surface area contributed by atoms with Gasteiger partial charge >= 0.3 is 0 Å². The van der Waals surface area contributed by atoms with E-state index in [1.54, 1.807) is 18.3 Å². The standard InChI is InChI=1S/C17H21N2O2P/c1-22(2,21)10-9-18-12-15-7-8-19-17(11-15)16-5-3-14(13-20)4-6-16/h3-8,11,13,18H,9-10,12H2,1-2H3. The maximum absolute atomic E-state index is 11.6. The molecule has 0 spiro atoms. The summed E-state index contributed by atoms with van der Waals surface area (Å²) in [6.07, 6.45) is 3.32. The normalized spacial score (nSPS) is 11.4. The lowest BCUT2D eigenvalue weighted by atomic mass is 10.1. The predicted octanol–water partition coefficient (Wildman–Crippen LogP) is 3.27. The van der Waals surface area contributed by atoms with Crippen LogP contribution >= 0.6 is 7.14 Å².